The van der Waals surface area contributed by atoms with Gasteiger partial charge in [-0.15, -0.1) is 0 Å². The Morgan fingerprint density at radius 1 is 0.731 bits per heavy atom. The minimum absolute atomic E-state index is 0.330. The molecule has 0 aromatic heterocycles. The molecule has 0 N–H and O–H groups in total. The van der Waals surface area contributed by atoms with Gasteiger partial charge in [-0.1, -0.05) is 31.9 Å². The third-order valence-corrected chi connectivity index (χ3v) is 4.04. The van der Waals surface area contributed by atoms with Crippen molar-refractivity contribution in [1.82, 2.24) is 0 Å². The van der Waals surface area contributed by atoms with Crippen LogP contribution in [0.2, 0.25) is 0 Å². The van der Waals surface area contributed by atoms with Gasteiger partial charge in [-0.05, 0) is 65.9 Å². The number of benzene rings is 2. The molecule has 0 radical (unpaired) electrons. The van der Waals surface area contributed by atoms with Gasteiger partial charge >= 0.3 is 11.9 Å². The maximum absolute atomic E-state index is 11.7. The maximum atomic E-state index is 11.7. The summed E-state index contributed by atoms with van der Waals surface area (Å²) >= 11 is 0. The molecule has 3 rings (SSSR count). The fraction of sp³-hybridized carbons (Fsp3) is 0.0909. The van der Waals surface area contributed by atoms with Gasteiger partial charge in [-0.2, -0.15) is 0 Å². The van der Waals surface area contributed by atoms with Gasteiger partial charge in [0.2, 0.25) is 0 Å². The zero-order valence-corrected chi connectivity index (χ0v) is 14.7. The number of hydrogen-bond acceptors (Lipinski definition) is 4. The van der Waals surface area contributed by atoms with E-state index in [2.05, 4.69) is 19.7 Å². The summed E-state index contributed by atoms with van der Waals surface area (Å²) in [6, 6.07) is 10.8. The second kappa shape index (κ2) is 6.48. The van der Waals surface area contributed by atoms with Gasteiger partial charge in [0.15, 0.2) is 0 Å². The molecule has 4 heteroatoms. The first-order chi connectivity index (χ1) is 12.3. The predicted molar refractivity (Wildman–Crippen MR) is 101 cm³/mol. The topological polar surface area (TPSA) is 52.6 Å². The Morgan fingerprint density at radius 2 is 1.12 bits per heavy atom. The molecular weight excluding hydrogens is 328 g/mol. The molecule has 2 aromatic rings. The highest BCUT2D eigenvalue weighted by Crippen LogP contribution is 2.45. The van der Waals surface area contributed by atoms with Crippen molar-refractivity contribution in [3.8, 4) is 22.6 Å². The third kappa shape index (κ3) is 3.09. The van der Waals surface area contributed by atoms with E-state index >= 15 is 0 Å². The van der Waals surface area contributed by atoms with Crippen molar-refractivity contribution < 1.29 is 19.1 Å². The number of ether oxygens (including phenoxy) is 2. The number of hydrogen-bond donors (Lipinski definition) is 0. The van der Waals surface area contributed by atoms with Crippen LogP contribution in [0.1, 0.15) is 25.0 Å². The molecule has 0 saturated heterocycles. The molecule has 2 aromatic carbocycles. The molecule has 4 nitrogen and oxygen atoms in total. The molecule has 0 atom stereocenters. The van der Waals surface area contributed by atoms with Crippen LogP contribution >= 0.6 is 0 Å². The summed E-state index contributed by atoms with van der Waals surface area (Å²) in [4.78, 5) is 23.4. The first-order valence-electron chi connectivity index (χ1n) is 8.01. The first-order valence-corrected chi connectivity index (χ1v) is 8.01. The van der Waals surface area contributed by atoms with Gasteiger partial charge in [0.05, 0.1) is 0 Å². The lowest BCUT2D eigenvalue weighted by Gasteiger charge is -2.07. The van der Waals surface area contributed by atoms with Crippen LogP contribution in [0.4, 0.5) is 0 Å². The van der Waals surface area contributed by atoms with E-state index < -0.39 is 11.9 Å². The van der Waals surface area contributed by atoms with Crippen LogP contribution in [0.3, 0.4) is 0 Å². The minimum Gasteiger partial charge on any atom is -0.423 e. The van der Waals surface area contributed by atoms with E-state index in [4.69, 9.17) is 9.47 Å². The van der Waals surface area contributed by atoms with Crippen molar-refractivity contribution in [2.75, 3.05) is 0 Å². The predicted octanol–water partition coefficient (Wildman–Crippen LogP) is 4.69. The summed E-state index contributed by atoms with van der Waals surface area (Å²) < 4.78 is 10.6. The van der Waals surface area contributed by atoms with E-state index in [1.165, 1.54) is 0 Å². The highest BCUT2D eigenvalue weighted by molar-refractivity contribution is 6.01. The van der Waals surface area contributed by atoms with E-state index in [-0.39, 0.29) is 0 Å². The molecule has 0 fully saturated rings. The molecule has 0 amide bonds. The Morgan fingerprint density at radius 3 is 1.46 bits per heavy atom. The van der Waals surface area contributed by atoms with E-state index in [9.17, 15) is 9.59 Å². The quantitative estimate of drug-likeness (QED) is 0.391. The third-order valence-electron chi connectivity index (χ3n) is 4.04. The average molecular weight is 346 g/mol. The van der Waals surface area contributed by atoms with Crippen LogP contribution in [-0.4, -0.2) is 11.9 Å². The van der Waals surface area contributed by atoms with Gasteiger partial charge in [0, 0.05) is 11.1 Å². The summed E-state index contributed by atoms with van der Waals surface area (Å²) in [5, 5.41) is 0. The van der Waals surface area contributed by atoms with Crippen molar-refractivity contribution in [2.45, 2.75) is 13.8 Å². The van der Waals surface area contributed by atoms with Gasteiger partial charge in [-0.3, -0.25) is 0 Å². The lowest BCUT2D eigenvalue weighted by molar-refractivity contribution is -0.130. The van der Waals surface area contributed by atoms with Crippen LogP contribution in [0, 0.1) is 0 Å². The number of esters is 2. The molecule has 0 aliphatic heterocycles. The molecule has 130 valence electrons. The smallest absolute Gasteiger partial charge is 0.338 e. The van der Waals surface area contributed by atoms with Crippen LogP contribution in [0.5, 0.6) is 11.5 Å². The Labute approximate surface area is 152 Å². The number of carbonyl (C=O) groups excluding carboxylic acids is 2. The van der Waals surface area contributed by atoms with E-state index in [0.29, 0.717) is 22.6 Å². The van der Waals surface area contributed by atoms with Crippen molar-refractivity contribution >= 4 is 17.5 Å². The van der Waals surface area contributed by atoms with Crippen molar-refractivity contribution in [3.63, 3.8) is 0 Å². The normalized spacial score (nSPS) is 11.4. The Hall–Kier alpha value is -3.40. The fourth-order valence-electron chi connectivity index (χ4n) is 2.68. The SMILES string of the molecule is C=C(C)C(=O)Oc1ccc2c(c1)C(=C)c1cc(OC(=O)C(=C)C)ccc1-2. The molecular formula is C22H18O4. The summed E-state index contributed by atoms with van der Waals surface area (Å²) in [5.41, 5.74) is 5.14. The van der Waals surface area contributed by atoms with Crippen LogP contribution in [0.25, 0.3) is 16.7 Å². The van der Waals surface area contributed by atoms with E-state index in [0.717, 1.165) is 27.8 Å². The summed E-state index contributed by atoms with van der Waals surface area (Å²) in [6.07, 6.45) is 0. The summed E-state index contributed by atoms with van der Waals surface area (Å²) in [7, 11) is 0. The molecule has 0 bridgehead atoms. The van der Waals surface area contributed by atoms with Crippen LogP contribution in [0.15, 0.2) is 67.3 Å². The maximum Gasteiger partial charge on any atom is 0.338 e. The summed E-state index contributed by atoms with van der Waals surface area (Å²) in [6.45, 7) is 14.5. The molecule has 1 aliphatic rings. The van der Waals surface area contributed by atoms with Gasteiger partial charge in [-0.25, -0.2) is 9.59 Å². The molecule has 0 saturated carbocycles. The lowest BCUT2D eigenvalue weighted by Crippen LogP contribution is -2.08. The van der Waals surface area contributed by atoms with Crippen molar-refractivity contribution in [2.24, 2.45) is 0 Å². The zero-order chi connectivity index (χ0) is 19.0. The second-order valence-electron chi connectivity index (χ2n) is 6.23. The van der Waals surface area contributed by atoms with Crippen molar-refractivity contribution in [1.29, 1.82) is 0 Å². The van der Waals surface area contributed by atoms with E-state index in [1.54, 1.807) is 38.1 Å². The standard InChI is InChI=1S/C22H18O4/c1-12(2)21(23)25-15-6-8-17-18-9-7-16(26-22(24)13(3)4)11-20(18)14(5)19(17)10-15/h6-11H,1,3,5H2,2,4H3. The Balaban J connectivity index is 1.93. The molecule has 0 unspecified atom stereocenters. The second-order valence-corrected chi connectivity index (χ2v) is 6.23. The highest BCUT2D eigenvalue weighted by Gasteiger charge is 2.24. The van der Waals surface area contributed by atoms with Crippen LogP contribution in [-0.2, 0) is 9.59 Å². The first kappa shape index (κ1) is 17.4. The molecule has 1 aliphatic carbocycles. The lowest BCUT2D eigenvalue weighted by atomic mass is 10.1. The monoisotopic (exact) mass is 346 g/mol. The van der Waals surface area contributed by atoms with Gasteiger partial charge in [0.25, 0.3) is 0 Å². The van der Waals surface area contributed by atoms with Gasteiger partial charge < -0.3 is 9.47 Å². The molecule has 0 heterocycles. The summed E-state index contributed by atoms with van der Waals surface area (Å²) in [5.74, 6) is -0.0839. The Bertz CT molecular complexity index is 916. The highest BCUT2D eigenvalue weighted by atomic mass is 16.5. The zero-order valence-electron chi connectivity index (χ0n) is 14.7. The number of rotatable bonds is 4. The average Bonchev–Trinajstić information content (AvgIpc) is 2.87. The van der Waals surface area contributed by atoms with E-state index in [1.807, 2.05) is 12.1 Å². The number of carbonyl (C=O) groups is 2. The van der Waals surface area contributed by atoms with Crippen molar-refractivity contribution in [3.05, 3.63) is 78.4 Å². The Kier molecular flexibility index (Phi) is 4.34. The minimum atomic E-state index is -0.472. The fourth-order valence-corrected chi connectivity index (χ4v) is 2.68. The molecule has 0 spiro atoms. The van der Waals surface area contributed by atoms with Gasteiger partial charge in [0.1, 0.15) is 11.5 Å². The number of fused-ring (bicyclic) bond motifs is 3. The largest absolute Gasteiger partial charge is 0.423 e. The molecule has 26 heavy (non-hydrogen) atoms. The van der Waals surface area contributed by atoms with Crippen LogP contribution < -0.4 is 9.47 Å².